The van der Waals surface area contributed by atoms with Gasteiger partial charge in [0.2, 0.25) is 10.0 Å². The highest BCUT2D eigenvalue weighted by Gasteiger charge is 2.37. The lowest BCUT2D eigenvalue weighted by Gasteiger charge is -2.40. The molecular formula is C22H33NO4S. The van der Waals surface area contributed by atoms with Crippen molar-refractivity contribution in [1.29, 1.82) is 0 Å². The zero-order chi connectivity index (χ0) is 19.7. The number of para-hydroxylation sites is 1. The molecule has 2 saturated carbocycles. The molecule has 2 aliphatic heterocycles. The number of hydrogen-bond donors (Lipinski definition) is 1. The number of aryl methyl sites for hydroxylation is 1. The van der Waals surface area contributed by atoms with E-state index in [0.717, 1.165) is 50.7 Å². The molecular weight excluding hydrogens is 374 g/mol. The van der Waals surface area contributed by atoms with E-state index >= 15 is 0 Å². The Morgan fingerprint density at radius 1 is 1.04 bits per heavy atom. The van der Waals surface area contributed by atoms with Crippen molar-refractivity contribution in [3.05, 3.63) is 29.3 Å². The molecule has 1 N–H and O–H groups in total. The van der Waals surface area contributed by atoms with E-state index in [4.69, 9.17) is 9.47 Å². The summed E-state index contributed by atoms with van der Waals surface area (Å²) in [7, 11) is -3.24. The Labute approximate surface area is 169 Å². The van der Waals surface area contributed by atoms with Crippen LogP contribution >= 0.6 is 0 Å². The van der Waals surface area contributed by atoms with Crippen LogP contribution < -0.4 is 9.46 Å². The molecule has 1 unspecified atom stereocenters. The van der Waals surface area contributed by atoms with E-state index in [9.17, 15) is 8.42 Å². The van der Waals surface area contributed by atoms with Gasteiger partial charge in [-0.15, -0.1) is 0 Å². The van der Waals surface area contributed by atoms with Crippen LogP contribution in [-0.4, -0.2) is 40.0 Å². The number of sulfonamides is 1. The van der Waals surface area contributed by atoms with E-state index in [1.54, 1.807) is 0 Å². The molecule has 2 aliphatic carbocycles. The number of hydrogen-bond acceptors (Lipinski definition) is 4. The molecule has 0 radical (unpaired) electrons. The van der Waals surface area contributed by atoms with Crippen LogP contribution in [0, 0.1) is 18.8 Å². The van der Waals surface area contributed by atoms with Crippen LogP contribution in [0.3, 0.4) is 0 Å². The molecule has 1 aromatic carbocycles. The largest absolute Gasteiger partial charge is 0.493 e. The van der Waals surface area contributed by atoms with Crippen molar-refractivity contribution in [2.75, 3.05) is 19.5 Å². The normalized spacial score (nSPS) is 33.7. The lowest BCUT2D eigenvalue weighted by Crippen LogP contribution is -2.48. The van der Waals surface area contributed by atoms with E-state index in [0.29, 0.717) is 31.2 Å². The minimum atomic E-state index is -3.24. The van der Waals surface area contributed by atoms with Crippen LogP contribution in [0.2, 0.25) is 0 Å². The molecule has 0 amide bonds. The van der Waals surface area contributed by atoms with Crippen molar-refractivity contribution in [1.82, 2.24) is 4.72 Å². The third kappa shape index (κ3) is 4.55. The summed E-state index contributed by atoms with van der Waals surface area (Å²) in [5.41, 5.74) is 2.54. The quantitative estimate of drug-likeness (QED) is 0.811. The molecule has 0 saturated heterocycles. The highest BCUT2D eigenvalue weighted by atomic mass is 32.2. The van der Waals surface area contributed by atoms with Crippen molar-refractivity contribution < 1.29 is 17.9 Å². The van der Waals surface area contributed by atoms with Gasteiger partial charge in [0.25, 0.3) is 0 Å². The summed E-state index contributed by atoms with van der Waals surface area (Å²) in [5.74, 6) is 2.08. The smallest absolute Gasteiger partial charge is 0.208 e. The molecule has 3 atom stereocenters. The molecule has 6 heteroatoms. The maximum absolute atomic E-state index is 11.9. The number of benzene rings is 1. The predicted molar refractivity (Wildman–Crippen MR) is 110 cm³/mol. The summed E-state index contributed by atoms with van der Waals surface area (Å²) in [6, 6.07) is 6.44. The molecule has 0 aromatic heterocycles. The van der Waals surface area contributed by atoms with Crippen LogP contribution in [-0.2, 0) is 14.8 Å². The van der Waals surface area contributed by atoms with Crippen LogP contribution in [0.5, 0.6) is 5.75 Å². The summed E-state index contributed by atoms with van der Waals surface area (Å²) < 4.78 is 39.5. The van der Waals surface area contributed by atoms with Gasteiger partial charge in [-0.05, 0) is 68.4 Å². The Morgan fingerprint density at radius 2 is 1.82 bits per heavy atom. The average molecular weight is 408 g/mol. The summed E-state index contributed by atoms with van der Waals surface area (Å²) in [6.07, 6.45) is 8.90. The highest BCUT2D eigenvalue weighted by molar-refractivity contribution is 7.88. The van der Waals surface area contributed by atoms with Crippen LogP contribution in [0.1, 0.15) is 62.0 Å². The Morgan fingerprint density at radius 3 is 2.57 bits per heavy atom. The van der Waals surface area contributed by atoms with Gasteiger partial charge in [0, 0.05) is 12.0 Å². The average Bonchev–Trinajstić information content (AvgIpc) is 2.64. The van der Waals surface area contributed by atoms with E-state index in [1.165, 1.54) is 17.4 Å². The predicted octanol–water partition coefficient (Wildman–Crippen LogP) is 3.76. The number of ether oxygens (including phenoxy) is 2. The first-order valence-electron chi connectivity index (χ1n) is 10.7. The van der Waals surface area contributed by atoms with Gasteiger partial charge in [-0.2, -0.15) is 0 Å². The van der Waals surface area contributed by atoms with Crippen molar-refractivity contribution >= 4 is 10.0 Å². The van der Waals surface area contributed by atoms with Gasteiger partial charge in [-0.3, -0.25) is 0 Å². The van der Waals surface area contributed by atoms with Gasteiger partial charge in [0.15, 0.2) is 0 Å². The first kappa shape index (κ1) is 20.2. The standard InChI is InChI=1S/C22H33NO4S/c1-15-5-3-7-19-16-9-11-18(12-10-16)26-14-20-17(13-27-22(15)19)6-4-8-21(20)23-28(2,24)25/h3,5,7,16-18,20-21,23H,4,6,8-14H2,1-2H3/t16-,17?,18+,20-,21+/m1/s1. The van der Waals surface area contributed by atoms with Crippen molar-refractivity contribution in [2.45, 2.75) is 69.9 Å². The molecule has 5 nitrogen and oxygen atoms in total. The van der Waals surface area contributed by atoms with E-state index < -0.39 is 10.0 Å². The minimum Gasteiger partial charge on any atom is -0.493 e. The topological polar surface area (TPSA) is 64.6 Å². The van der Waals surface area contributed by atoms with Crippen LogP contribution in [0.4, 0.5) is 0 Å². The fourth-order valence-corrected chi connectivity index (χ4v) is 6.25. The summed E-state index contributed by atoms with van der Waals surface area (Å²) in [6.45, 7) is 3.38. The maximum atomic E-state index is 11.9. The summed E-state index contributed by atoms with van der Waals surface area (Å²) in [5, 5.41) is 0. The summed E-state index contributed by atoms with van der Waals surface area (Å²) in [4.78, 5) is 0. The number of nitrogens with one attached hydrogen (secondary N) is 1. The highest BCUT2D eigenvalue weighted by Crippen LogP contribution is 2.42. The Hall–Kier alpha value is -1.11. The minimum absolute atomic E-state index is 0.0621. The Bertz CT molecular complexity index is 786. The van der Waals surface area contributed by atoms with Gasteiger partial charge < -0.3 is 9.47 Å². The fourth-order valence-electron chi connectivity index (χ4n) is 5.41. The van der Waals surface area contributed by atoms with E-state index in [2.05, 4.69) is 29.8 Å². The number of fused-ring (bicyclic) bond motifs is 4. The zero-order valence-corrected chi connectivity index (χ0v) is 17.8. The Balaban J connectivity index is 1.63. The van der Waals surface area contributed by atoms with Crippen LogP contribution in [0.15, 0.2) is 18.2 Å². The second kappa shape index (κ2) is 8.33. The molecule has 1 aromatic rings. The lowest BCUT2D eigenvalue weighted by atomic mass is 9.76. The first-order chi connectivity index (χ1) is 13.4. The van der Waals surface area contributed by atoms with E-state index in [-0.39, 0.29) is 12.0 Å². The zero-order valence-electron chi connectivity index (χ0n) is 17.0. The molecule has 0 spiro atoms. The van der Waals surface area contributed by atoms with Crippen molar-refractivity contribution in [2.24, 2.45) is 11.8 Å². The van der Waals surface area contributed by atoms with Gasteiger partial charge in [0.1, 0.15) is 5.75 Å². The molecule has 2 heterocycles. The van der Waals surface area contributed by atoms with Gasteiger partial charge in [-0.25, -0.2) is 13.1 Å². The second-order valence-electron chi connectivity index (χ2n) is 8.96. The van der Waals surface area contributed by atoms with Crippen molar-refractivity contribution in [3.63, 3.8) is 0 Å². The molecule has 156 valence electrons. The third-order valence-corrected chi connectivity index (χ3v) is 7.63. The molecule has 2 fully saturated rings. The maximum Gasteiger partial charge on any atom is 0.208 e. The van der Waals surface area contributed by atoms with Gasteiger partial charge >= 0.3 is 0 Å². The number of rotatable bonds is 2. The third-order valence-electron chi connectivity index (χ3n) is 6.90. The second-order valence-corrected chi connectivity index (χ2v) is 10.7. The van der Waals surface area contributed by atoms with Gasteiger partial charge in [-0.1, -0.05) is 24.6 Å². The van der Waals surface area contributed by atoms with Gasteiger partial charge in [0.05, 0.1) is 25.6 Å². The molecule has 4 aliphatic rings. The molecule has 2 bridgehead atoms. The van der Waals surface area contributed by atoms with E-state index in [1.807, 2.05) is 0 Å². The Kier molecular flexibility index (Phi) is 6.00. The first-order valence-corrected chi connectivity index (χ1v) is 12.6. The SMILES string of the molecule is Cc1cccc2c1OCC1CCC[C@H](NS(C)(=O)=O)[C@@H]1CO[C@H]1CC[C@@H]2CC1. The lowest BCUT2D eigenvalue weighted by molar-refractivity contribution is -0.0298. The summed E-state index contributed by atoms with van der Waals surface area (Å²) >= 11 is 0. The molecule has 5 rings (SSSR count). The fraction of sp³-hybridized carbons (Fsp3) is 0.727. The molecule has 28 heavy (non-hydrogen) atoms. The van der Waals surface area contributed by atoms with Crippen LogP contribution in [0.25, 0.3) is 0 Å². The monoisotopic (exact) mass is 407 g/mol. The van der Waals surface area contributed by atoms with Crippen molar-refractivity contribution in [3.8, 4) is 5.75 Å².